The van der Waals surface area contributed by atoms with E-state index in [0.717, 1.165) is 38.8 Å². The van der Waals surface area contributed by atoms with E-state index in [1.165, 1.54) is 30.5 Å². The van der Waals surface area contributed by atoms with Crippen molar-refractivity contribution in [2.45, 2.75) is 37.8 Å². The van der Waals surface area contributed by atoms with E-state index in [1.54, 1.807) is 0 Å². The number of phenolic OH excluding ortho intramolecular Hbond substituents is 1. The number of benzene rings is 2. The van der Waals surface area contributed by atoms with Crippen molar-refractivity contribution in [3.63, 3.8) is 0 Å². The van der Waals surface area contributed by atoms with Crippen LogP contribution in [0, 0.1) is 29.9 Å². The first-order valence-corrected chi connectivity index (χ1v) is 14.7. The van der Waals surface area contributed by atoms with Crippen LogP contribution in [-0.4, -0.2) is 81.7 Å². The second-order valence-electron chi connectivity index (χ2n) is 11.7. The fourth-order valence-electron chi connectivity index (χ4n) is 6.72. The van der Waals surface area contributed by atoms with Gasteiger partial charge in [0.05, 0.1) is 24.3 Å². The maximum absolute atomic E-state index is 16.6. The summed E-state index contributed by atoms with van der Waals surface area (Å²) in [6.07, 6.45) is 11.1. The minimum absolute atomic E-state index is 0.0288. The van der Waals surface area contributed by atoms with Gasteiger partial charge in [0.1, 0.15) is 28.6 Å². The summed E-state index contributed by atoms with van der Waals surface area (Å²) in [7, 11) is 0. The van der Waals surface area contributed by atoms with Crippen molar-refractivity contribution in [1.29, 1.82) is 0 Å². The Balaban J connectivity index is 1.34. The molecule has 0 amide bonds. The van der Waals surface area contributed by atoms with Crippen LogP contribution in [0.3, 0.4) is 0 Å². The zero-order valence-corrected chi connectivity index (χ0v) is 23.6. The number of likely N-dealkylation sites (tertiary alicyclic amines) is 1. The molecular formula is C32H32F2N6O3. The molecule has 3 aliphatic rings. The van der Waals surface area contributed by atoms with Crippen molar-refractivity contribution in [2.24, 2.45) is 5.92 Å². The van der Waals surface area contributed by atoms with Crippen LogP contribution >= 0.6 is 0 Å². The average Bonchev–Trinajstić information content (AvgIpc) is 3.37. The fraction of sp³-hybridized carbons (Fsp3) is 0.406. The smallest absolute Gasteiger partial charge is 0.319 e. The normalized spacial score (nSPS) is 21.0. The number of aromatic hydroxyl groups is 1. The standard InChI is InChI=1S/C32H32F2N6O3/c1-2-23-26(33)6-3-19-11-22(42)12-24(27(19)23)29-28(34)30-25(13-35-29)31(40-14-20-4-5-21(15-40)36-20)38-32(37-30)43-16-18-7-9-39(17-41)10-8-18/h1,3,6,11-13,18,20-21,36,41-42H,4-5,7-10,14-17H2/t20-,21+. The Kier molecular flexibility index (Phi) is 7.21. The highest BCUT2D eigenvalue weighted by Crippen LogP contribution is 2.39. The lowest BCUT2D eigenvalue weighted by molar-refractivity contribution is 0.0611. The molecule has 0 saturated carbocycles. The van der Waals surface area contributed by atoms with Gasteiger partial charge in [-0.2, -0.15) is 9.97 Å². The number of terminal acetylenes is 1. The third-order valence-electron chi connectivity index (χ3n) is 8.97. The van der Waals surface area contributed by atoms with Crippen LogP contribution in [0.5, 0.6) is 11.8 Å². The molecule has 4 aromatic rings. The van der Waals surface area contributed by atoms with Crippen molar-refractivity contribution >= 4 is 27.5 Å². The number of piperidine rings is 1. The summed E-state index contributed by atoms with van der Waals surface area (Å²) < 4.78 is 37.5. The summed E-state index contributed by atoms with van der Waals surface area (Å²) in [6.45, 7) is 3.40. The molecule has 2 bridgehead atoms. The number of aromatic nitrogens is 3. The number of hydrogen-bond acceptors (Lipinski definition) is 9. The van der Waals surface area contributed by atoms with Crippen LogP contribution in [0.15, 0.2) is 30.5 Å². The summed E-state index contributed by atoms with van der Waals surface area (Å²) in [5, 5.41) is 24.7. The van der Waals surface area contributed by atoms with Gasteiger partial charge in [-0.3, -0.25) is 9.88 Å². The van der Waals surface area contributed by atoms with Crippen molar-refractivity contribution in [1.82, 2.24) is 25.2 Å². The molecule has 0 aliphatic carbocycles. The fourth-order valence-corrected chi connectivity index (χ4v) is 6.72. The molecule has 0 radical (unpaired) electrons. The van der Waals surface area contributed by atoms with E-state index in [2.05, 4.69) is 26.1 Å². The number of piperazine rings is 1. The molecule has 11 heteroatoms. The van der Waals surface area contributed by atoms with E-state index < -0.39 is 11.6 Å². The van der Waals surface area contributed by atoms with E-state index in [0.29, 0.717) is 48.4 Å². The Labute approximate surface area is 247 Å². The highest BCUT2D eigenvalue weighted by molar-refractivity contribution is 6.03. The molecule has 43 heavy (non-hydrogen) atoms. The van der Waals surface area contributed by atoms with Gasteiger partial charge in [-0.05, 0) is 55.2 Å². The number of nitrogens with one attached hydrogen (secondary N) is 1. The van der Waals surface area contributed by atoms with E-state index in [1.807, 2.05) is 4.90 Å². The second kappa shape index (κ2) is 11.2. The van der Waals surface area contributed by atoms with Crippen LogP contribution in [-0.2, 0) is 0 Å². The minimum atomic E-state index is -0.737. The van der Waals surface area contributed by atoms with Gasteiger partial charge in [0.2, 0.25) is 0 Å². The first-order chi connectivity index (χ1) is 20.9. The van der Waals surface area contributed by atoms with Crippen LogP contribution < -0.4 is 15.0 Å². The lowest BCUT2D eigenvalue weighted by Crippen LogP contribution is -2.51. The molecule has 222 valence electrons. The number of aliphatic hydroxyl groups is 1. The SMILES string of the molecule is C#Cc1c(F)ccc2cc(O)cc(-c3ncc4c(N5C[C@H]6CC[C@@H](C5)N6)nc(OCC5CCN(CO)CC5)nc4c3F)c12. The maximum Gasteiger partial charge on any atom is 0.319 e. The van der Waals surface area contributed by atoms with E-state index in [9.17, 15) is 14.6 Å². The average molecular weight is 587 g/mol. The van der Waals surface area contributed by atoms with Crippen molar-refractivity contribution in [2.75, 3.05) is 44.4 Å². The highest BCUT2D eigenvalue weighted by Gasteiger charge is 2.34. The van der Waals surface area contributed by atoms with Gasteiger partial charge in [0, 0.05) is 55.4 Å². The Morgan fingerprint density at radius 1 is 1.07 bits per heavy atom. The van der Waals surface area contributed by atoms with Crippen molar-refractivity contribution < 1.29 is 23.7 Å². The van der Waals surface area contributed by atoms with Gasteiger partial charge in [-0.1, -0.05) is 12.0 Å². The molecule has 5 heterocycles. The van der Waals surface area contributed by atoms with E-state index in [4.69, 9.17) is 16.1 Å². The number of nitrogens with zero attached hydrogens (tertiary/aromatic N) is 5. The predicted octanol–water partition coefficient (Wildman–Crippen LogP) is 3.79. The summed E-state index contributed by atoms with van der Waals surface area (Å²) in [6, 6.07) is 6.21. The summed E-state index contributed by atoms with van der Waals surface area (Å²) in [4.78, 5) is 17.9. The minimum Gasteiger partial charge on any atom is -0.508 e. The van der Waals surface area contributed by atoms with Crippen LogP contribution in [0.4, 0.5) is 14.6 Å². The van der Waals surface area contributed by atoms with Gasteiger partial charge < -0.3 is 25.2 Å². The molecule has 9 nitrogen and oxygen atoms in total. The Bertz CT molecular complexity index is 1740. The molecule has 2 atom stereocenters. The lowest BCUT2D eigenvalue weighted by Gasteiger charge is -2.34. The number of phenols is 1. The second-order valence-corrected chi connectivity index (χ2v) is 11.7. The largest absolute Gasteiger partial charge is 0.508 e. The number of hydrogen-bond donors (Lipinski definition) is 3. The first-order valence-electron chi connectivity index (χ1n) is 14.7. The van der Waals surface area contributed by atoms with Crippen LogP contribution in [0.2, 0.25) is 0 Å². The number of halogens is 2. The third kappa shape index (κ3) is 5.09. The number of fused-ring (bicyclic) bond motifs is 4. The zero-order valence-electron chi connectivity index (χ0n) is 23.6. The van der Waals surface area contributed by atoms with E-state index >= 15 is 4.39 Å². The molecule has 0 spiro atoms. The number of pyridine rings is 1. The highest BCUT2D eigenvalue weighted by atomic mass is 19.1. The zero-order chi connectivity index (χ0) is 29.7. The molecule has 0 unspecified atom stereocenters. The topological polar surface area (TPSA) is 107 Å². The predicted molar refractivity (Wildman–Crippen MR) is 159 cm³/mol. The molecule has 2 aromatic carbocycles. The van der Waals surface area contributed by atoms with Gasteiger partial charge in [-0.15, -0.1) is 6.42 Å². The molecule has 3 aliphatic heterocycles. The lowest BCUT2D eigenvalue weighted by atomic mass is 9.96. The van der Waals surface area contributed by atoms with Gasteiger partial charge in [0.25, 0.3) is 0 Å². The number of anilines is 1. The first kappa shape index (κ1) is 27.7. The Morgan fingerprint density at radius 2 is 1.84 bits per heavy atom. The van der Waals surface area contributed by atoms with Crippen molar-refractivity contribution in [3.8, 4) is 35.4 Å². The number of ether oxygens (including phenoxy) is 1. The van der Waals surface area contributed by atoms with Crippen LogP contribution in [0.25, 0.3) is 32.9 Å². The quantitative estimate of drug-likeness (QED) is 0.291. The monoisotopic (exact) mass is 586 g/mol. The number of rotatable bonds is 6. The van der Waals surface area contributed by atoms with Crippen molar-refractivity contribution in [3.05, 3.63) is 47.7 Å². The molecular weight excluding hydrogens is 554 g/mol. The van der Waals surface area contributed by atoms with Gasteiger partial charge in [0.15, 0.2) is 5.82 Å². The maximum atomic E-state index is 16.6. The Morgan fingerprint density at radius 3 is 2.56 bits per heavy atom. The summed E-state index contributed by atoms with van der Waals surface area (Å²) in [5.74, 6) is 1.70. The van der Waals surface area contributed by atoms with Crippen LogP contribution in [0.1, 0.15) is 31.2 Å². The number of aliphatic hydroxyl groups excluding tert-OH is 1. The third-order valence-corrected chi connectivity index (χ3v) is 8.97. The van der Waals surface area contributed by atoms with Gasteiger partial charge >= 0.3 is 6.01 Å². The molecule has 7 rings (SSSR count). The van der Waals surface area contributed by atoms with E-state index in [-0.39, 0.29) is 52.1 Å². The summed E-state index contributed by atoms with van der Waals surface area (Å²) >= 11 is 0. The molecule has 3 saturated heterocycles. The Hall–Kier alpha value is -4.11. The molecule has 3 N–H and O–H groups in total. The molecule has 3 fully saturated rings. The summed E-state index contributed by atoms with van der Waals surface area (Å²) in [5.41, 5.74) is 0.0501. The molecule has 2 aromatic heterocycles. The van der Waals surface area contributed by atoms with Gasteiger partial charge in [-0.25, -0.2) is 8.78 Å².